The molecule has 1 saturated carbocycles. The van der Waals surface area contributed by atoms with Gasteiger partial charge in [0.15, 0.2) is 0 Å². The molecule has 0 aromatic heterocycles. The molecule has 1 heterocycles. The van der Waals surface area contributed by atoms with Crippen LogP contribution in [-0.2, 0) is 16.0 Å². The van der Waals surface area contributed by atoms with Crippen molar-refractivity contribution < 1.29 is 19.1 Å². The quantitative estimate of drug-likeness (QED) is 0.792. The van der Waals surface area contributed by atoms with Crippen LogP contribution in [0.2, 0.25) is 0 Å². The molecular formula is C23H33FN2O3. The van der Waals surface area contributed by atoms with Gasteiger partial charge in [-0.2, -0.15) is 0 Å². The summed E-state index contributed by atoms with van der Waals surface area (Å²) in [5.41, 5.74) is 1.03. The Morgan fingerprint density at radius 2 is 1.62 bits per heavy atom. The maximum absolute atomic E-state index is 13.0. The van der Waals surface area contributed by atoms with Gasteiger partial charge in [0.05, 0.1) is 0 Å². The molecule has 1 saturated heterocycles. The van der Waals surface area contributed by atoms with Crippen molar-refractivity contribution in [3.8, 4) is 0 Å². The number of aliphatic hydroxyl groups excluding tert-OH is 1. The minimum absolute atomic E-state index is 0.0868. The van der Waals surface area contributed by atoms with Crippen LogP contribution in [0.4, 0.5) is 4.39 Å². The summed E-state index contributed by atoms with van der Waals surface area (Å²) in [6.07, 6.45) is 7.02. The number of hydrogen-bond donors (Lipinski definition) is 1. The maximum atomic E-state index is 13.0. The number of aryl methyl sites for hydroxylation is 1. The van der Waals surface area contributed by atoms with Crippen LogP contribution in [-0.4, -0.2) is 59.0 Å². The van der Waals surface area contributed by atoms with Gasteiger partial charge in [-0.1, -0.05) is 31.4 Å². The first-order valence-corrected chi connectivity index (χ1v) is 11.0. The Balaban J connectivity index is 1.42. The van der Waals surface area contributed by atoms with E-state index in [4.69, 9.17) is 0 Å². The molecule has 1 aliphatic heterocycles. The maximum Gasteiger partial charge on any atom is 0.251 e. The van der Waals surface area contributed by atoms with Gasteiger partial charge < -0.3 is 14.9 Å². The summed E-state index contributed by atoms with van der Waals surface area (Å²) >= 11 is 0. The van der Waals surface area contributed by atoms with Crippen molar-refractivity contribution in [1.29, 1.82) is 0 Å². The van der Waals surface area contributed by atoms with Gasteiger partial charge in [0.25, 0.3) is 5.91 Å². The summed E-state index contributed by atoms with van der Waals surface area (Å²) in [5.74, 6) is -0.220. The highest BCUT2D eigenvalue weighted by Gasteiger charge is 2.32. The van der Waals surface area contributed by atoms with E-state index in [9.17, 15) is 19.1 Å². The van der Waals surface area contributed by atoms with E-state index >= 15 is 0 Å². The van der Waals surface area contributed by atoms with Crippen molar-refractivity contribution in [3.63, 3.8) is 0 Å². The normalized spacial score (nSPS) is 19.7. The number of carbonyl (C=O) groups is 2. The SMILES string of the molecule is O=C(CCCc1ccc(F)cc1)N1CCCN(C(=O)[C@H](O)C2CCCCC2)CC1. The molecule has 6 heteroatoms. The Morgan fingerprint density at radius 1 is 0.966 bits per heavy atom. The third kappa shape index (κ3) is 6.26. The molecular weight excluding hydrogens is 371 g/mol. The fourth-order valence-electron chi connectivity index (χ4n) is 4.48. The molecule has 1 atom stereocenters. The molecule has 1 aliphatic carbocycles. The molecule has 29 heavy (non-hydrogen) atoms. The van der Waals surface area contributed by atoms with Crippen LogP contribution in [0.5, 0.6) is 0 Å². The van der Waals surface area contributed by atoms with Crippen LogP contribution in [0.3, 0.4) is 0 Å². The Morgan fingerprint density at radius 3 is 2.34 bits per heavy atom. The van der Waals surface area contributed by atoms with Crippen molar-refractivity contribution in [3.05, 3.63) is 35.6 Å². The molecule has 0 bridgehead atoms. The largest absolute Gasteiger partial charge is 0.383 e. The number of benzene rings is 1. The predicted octanol–water partition coefficient (Wildman–Crippen LogP) is 3.15. The summed E-state index contributed by atoms with van der Waals surface area (Å²) in [5, 5.41) is 10.5. The first-order valence-electron chi connectivity index (χ1n) is 11.0. The van der Waals surface area contributed by atoms with Crippen LogP contribution in [0.25, 0.3) is 0 Å². The summed E-state index contributed by atoms with van der Waals surface area (Å²) in [7, 11) is 0. The van der Waals surface area contributed by atoms with Crippen LogP contribution < -0.4 is 0 Å². The van der Waals surface area contributed by atoms with Crippen molar-refractivity contribution in [2.75, 3.05) is 26.2 Å². The Hall–Kier alpha value is -1.95. The van der Waals surface area contributed by atoms with Crippen LogP contribution in [0, 0.1) is 11.7 Å². The zero-order valence-electron chi connectivity index (χ0n) is 17.2. The molecule has 0 radical (unpaired) electrons. The van der Waals surface area contributed by atoms with E-state index in [2.05, 4.69) is 0 Å². The molecule has 160 valence electrons. The molecule has 1 aromatic carbocycles. The highest BCUT2D eigenvalue weighted by molar-refractivity contribution is 5.81. The molecule has 5 nitrogen and oxygen atoms in total. The highest BCUT2D eigenvalue weighted by Crippen LogP contribution is 2.27. The fourth-order valence-corrected chi connectivity index (χ4v) is 4.48. The average molecular weight is 405 g/mol. The van der Waals surface area contributed by atoms with Crippen LogP contribution in [0.15, 0.2) is 24.3 Å². The van der Waals surface area contributed by atoms with Gasteiger partial charge in [-0.05, 0) is 55.7 Å². The smallest absolute Gasteiger partial charge is 0.251 e. The van der Waals surface area contributed by atoms with E-state index in [-0.39, 0.29) is 23.5 Å². The van der Waals surface area contributed by atoms with E-state index in [0.717, 1.165) is 50.5 Å². The minimum Gasteiger partial charge on any atom is -0.383 e. The van der Waals surface area contributed by atoms with Crippen molar-refractivity contribution in [2.45, 2.75) is 63.9 Å². The second-order valence-electron chi connectivity index (χ2n) is 8.38. The highest BCUT2D eigenvalue weighted by atomic mass is 19.1. The Labute approximate surface area is 172 Å². The van der Waals surface area contributed by atoms with Gasteiger partial charge in [-0.15, -0.1) is 0 Å². The Bertz CT molecular complexity index is 673. The molecule has 0 spiro atoms. The molecule has 2 amide bonds. The molecule has 1 N–H and O–H groups in total. The third-order valence-corrected chi connectivity index (χ3v) is 6.28. The average Bonchev–Trinajstić information content (AvgIpc) is 3.01. The first kappa shape index (κ1) is 21.8. The van der Waals surface area contributed by atoms with Gasteiger partial charge in [-0.25, -0.2) is 4.39 Å². The van der Waals surface area contributed by atoms with E-state index in [0.29, 0.717) is 32.6 Å². The second-order valence-corrected chi connectivity index (χ2v) is 8.38. The van der Waals surface area contributed by atoms with Gasteiger partial charge in [-0.3, -0.25) is 9.59 Å². The zero-order valence-corrected chi connectivity index (χ0v) is 17.2. The van der Waals surface area contributed by atoms with Crippen molar-refractivity contribution in [2.24, 2.45) is 5.92 Å². The van der Waals surface area contributed by atoms with Crippen molar-refractivity contribution >= 4 is 11.8 Å². The predicted molar refractivity (Wildman–Crippen MR) is 110 cm³/mol. The van der Waals surface area contributed by atoms with Gasteiger partial charge >= 0.3 is 0 Å². The summed E-state index contributed by atoms with van der Waals surface area (Å²) in [4.78, 5) is 28.9. The Kier molecular flexibility index (Phi) is 8.04. The monoisotopic (exact) mass is 404 g/mol. The fraction of sp³-hybridized carbons (Fsp3) is 0.652. The summed E-state index contributed by atoms with van der Waals surface area (Å²) < 4.78 is 13.0. The molecule has 2 fully saturated rings. The number of halogens is 1. The van der Waals surface area contributed by atoms with E-state index in [1.165, 1.54) is 18.6 Å². The molecule has 2 aliphatic rings. The number of hydrogen-bond acceptors (Lipinski definition) is 3. The van der Waals surface area contributed by atoms with Gasteiger partial charge in [0.2, 0.25) is 5.91 Å². The lowest BCUT2D eigenvalue weighted by atomic mass is 9.85. The van der Waals surface area contributed by atoms with Gasteiger partial charge in [0.1, 0.15) is 11.9 Å². The second kappa shape index (κ2) is 10.7. The topological polar surface area (TPSA) is 60.9 Å². The number of nitrogens with zero attached hydrogens (tertiary/aromatic N) is 2. The van der Waals surface area contributed by atoms with Crippen LogP contribution in [0.1, 0.15) is 56.9 Å². The summed E-state index contributed by atoms with van der Waals surface area (Å²) in [6.45, 7) is 2.27. The van der Waals surface area contributed by atoms with E-state index in [1.54, 1.807) is 17.0 Å². The lowest BCUT2D eigenvalue weighted by molar-refractivity contribution is -0.144. The zero-order chi connectivity index (χ0) is 20.6. The number of aliphatic hydroxyl groups is 1. The van der Waals surface area contributed by atoms with E-state index in [1.807, 2.05) is 4.90 Å². The lowest BCUT2D eigenvalue weighted by Crippen LogP contribution is -2.45. The molecule has 3 rings (SSSR count). The van der Waals surface area contributed by atoms with E-state index < -0.39 is 6.10 Å². The lowest BCUT2D eigenvalue weighted by Gasteiger charge is -2.30. The number of rotatable bonds is 6. The first-order chi connectivity index (χ1) is 14.0. The number of carbonyl (C=O) groups excluding carboxylic acids is 2. The standard InChI is InChI=1S/C23H33FN2O3/c24-20-12-10-18(11-13-20)6-4-9-21(27)25-14-5-15-26(17-16-25)23(29)22(28)19-7-2-1-3-8-19/h10-13,19,22,28H,1-9,14-17H2/t22-/m1/s1. The van der Waals surface area contributed by atoms with Crippen molar-refractivity contribution in [1.82, 2.24) is 9.80 Å². The third-order valence-electron chi connectivity index (χ3n) is 6.28. The minimum atomic E-state index is -0.895. The van der Waals surface area contributed by atoms with Gasteiger partial charge in [0, 0.05) is 32.6 Å². The molecule has 0 unspecified atom stereocenters. The molecule has 1 aromatic rings. The van der Waals surface area contributed by atoms with Crippen LogP contribution >= 0.6 is 0 Å². The number of amides is 2. The summed E-state index contributed by atoms with van der Waals surface area (Å²) in [6, 6.07) is 6.40.